The standard InChI is InChI=1S/C23H19N3O4/c1-14-18(19-20(27)15-6-2-3-7-16(15)21(28)22(19)30-14)23(29)26-12-10-25(11-13-26)17-8-4-5-9-24-17/h2-9H,10-13H2,1H3. The Morgan fingerprint density at radius 2 is 1.60 bits per heavy atom. The minimum atomic E-state index is -0.359. The monoisotopic (exact) mass is 401 g/mol. The zero-order valence-corrected chi connectivity index (χ0v) is 16.4. The molecule has 3 heterocycles. The Bertz CT molecular complexity index is 1170. The molecule has 2 aliphatic rings. The number of rotatable bonds is 2. The molecule has 0 bridgehead atoms. The first-order valence-electron chi connectivity index (χ1n) is 9.83. The molecule has 3 aromatic rings. The van der Waals surface area contributed by atoms with Crippen LogP contribution >= 0.6 is 0 Å². The van der Waals surface area contributed by atoms with Crippen LogP contribution < -0.4 is 4.90 Å². The summed E-state index contributed by atoms with van der Waals surface area (Å²) in [4.78, 5) is 47.5. The first-order valence-corrected chi connectivity index (χ1v) is 9.83. The van der Waals surface area contributed by atoms with E-state index in [1.54, 1.807) is 42.3 Å². The molecule has 150 valence electrons. The fraction of sp³-hybridized carbons (Fsp3) is 0.217. The molecule has 1 aromatic carbocycles. The Morgan fingerprint density at radius 1 is 0.933 bits per heavy atom. The number of furan rings is 1. The van der Waals surface area contributed by atoms with E-state index in [0.29, 0.717) is 43.1 Å². The number of nitrogens with zero attached hydrogens (tertiary/aromatic N) is 3. The Balaban J connectivity index is 1.44. The molecule has 7 nitrogen and oxygen atoms in total. The van der Waals surface area contributed by atoms with Gasteiger partial charge in [0.15, 0.2) is 11.5 Å². The maximum atomic E-state index is 13.3. The summed E-state index contributed by atoms with van der Waals surface area (Å²) in [7, 11) is 0. The topological polar surface area (TPSA) is 83.7 Å². The van der Waals surface area contributed by atoms with Crippen LogP contribution in [0, 0.1) is 6.92 Å². The Kier molecular flexibility index (Phi) is 4.24. The molecule has 0 unspecified atom stereocenters. The minimum absolute atomic E-state index is 0.0355. The van der Waals surface area contributed by atoms with Crippen molar-refractivity contribution in [3.8, 4) is 0 Å². The van der Waals surface area contributed by atoms with Crippen LogP contribution in [0.5, 0.6) is 0 Å². The van der Waals surface area contributed by atoms with E-state index in [1.807, 2.05) is 18.2 Å². The van der Waals surface area contributed by atoms with Crippen molar-refractivity contribution in [3.05, 3.63) is 82.4 Å². The molecule has 5 rings (SSSR count). The lowest BCUT2D eigenvalue weighted by atomic mass is 9.86. The minimum Gasteiger partial charge on any atom is -0.456 e. The normalized spacial score (nSPS) is 15.8. The van der Waals surface area contributed by atoms with Crippen LogP contribution in [0.15, 0.2) is 53.1 Å². The number of aryl methyl sites for hydroxylation is 1. The lowest BCUT2D eigenvalue weighted by molar-refractivity contribution is 0.0741. The van der Waals surface area contributed by atoms with Gasteiger partial charge in [0.25, 0.3) is 5.91 Å². The van der Waals surface area contributed by atoms with Crippen molar-refractivity contribution in [2.45, 2.75) is 6.92 Å². The lowest BCUT2D eigenvalue weighted by Crippen LogP contribution is -2.49. The maximum Gasteiger partial charge on any atom is 0.258 e. The molecule has 0 radical (unpaired) electrons. The molecular weight excluding hydrogens is 382 g/mol. The number of aromatic nitrogens is 1. The number of ketones is 2. The highest BCUT2D eigenvalue weighted by Gasteiger charge is 2.39. The van der Waals surface area contributed by atoms with Crippen molar-refractivity contribution in [3.63, 3.8) is 0 Å². The first kappa shape index (κ1) is 18.3. The van der Waals surface area contributed by atoms with E-state index in [1.165, 1.54) is 0 Å². The maximum absolute atomic E-state index is 13.3. The van der Waals surface area contributed by atoms with Gasteiger partial charge in [-0.05, 0) is 19.1 Å². The summed E-state index contributed by atoms with van der Waals surface area (Å²) >= 11 is 0. The third-order valence-corrected chi connectivity index (χ3v) is 5.69. The second kappa shape index (κ2) is 6.95. The highest BCUT2D eigenvalue weighted by atomic mass is 16.4. The van der Waals surface area contributed by atoms with E-state index in [9.17, 15) is 14.4 Å². The molecule has 30 heavy (non-hydrogen) atoms. The molecule has 1 saturated heterocycles. The van der Waals surface area contributed by atoms with Crippen molar-refractivity contribution < 1.29 is 18.8 Å². The largest absolute Gasteiger partial charge is 0.456 e. The summed E-state index contributed by atoms with van der Waals surface area (Å²) in [6.45, 7) is 3.89. The summed E-state index contributed by atoms with van der Waals surface area (Å²) in [6, 6.07) is 12.4. The van der Waals surface area contributed by atoms with E-state index in [-0.39, 0.29) is 34.4 Å². The third kappa shape index (κ3) is 2.74. The Labute approximate surface area is 172 Å². The number of pyridine rings is 1. The zero-order chi connectivity index (χ0) is 20.8. The van der Waals surface area contributed by atoms with Gasteiger partial charge in [-0.25, -0.2) is 4.98 Å². The average Bonchev–Trinajstić information content (AvgIpc) is 3.15. The fourth-order valence-electron chi connectivity index (χ4n) is 4.15. The van der Waals surface area contributed by atoms with Crippen LogP contribution in [0.2, 0.25) is 0 Å². The van der Waals surface area contributed by atoms with Crippen LogP contribution in [-0.4, -0.2) is 53.5 Å². The van der Waals surface area contributed by atoms with E-state index in [4.69, 9.17) is 4.42 Å². The molecule has 7 heteroatoms. The molecule has 0 saturated carbocycles. The van der Waals surface area contributed by atoms with Gasteiger partial charge >= 0.3 is 0 Å². The molecule has 0 N–H and O–H groups in total. The molecular formula is C23H19N3O4. The van der Waals surface area contributed by atoms with Crippen LogP contribution in [-0.2, 0) is 0 Å². The molecule has 1 amide bonds. The first-order chi connectivity index (χ1) is 14.6. The molecule has 1 fully saturated rings. The highest BCUT2D eigenvalue weighted by Crippen LogP contribution is 2.34. The van der Waals surface area contributed by atoms with Crippen LogP contribution in [0.1, 0.15) is 48.2 Å². The second-order valence-electron chi connectivity index (χ2n) is 7.41. The van der Waals surface area contributed by atoms with Gasteiger partial charge in [0.05, 0.1) is 11.1 Å². The summed E-state index contributed by atoms with van der Waals surface area (Å²) in [5, 5.41) is 0. The predicted octanol–water partition coefficient (Wildman–Crippen LogP) is 2.72. The van der Waals surface area contributed by atoms with Crippen LogP contribution in [0.4, 0.5) is 5.82 Å². The number of fused-ring (bicyclic) bond motifs is 2. The molecule has 0 atom stereocenters. The quantitative estimate of drug-likeness (QED) is 0.514. The number of hydrogen-bond acceptors (Lipinski definition) is 6. The van der Waals surface area contributed by atoms with Crippen molar-refractivity contribution in [1.29, 1.82) is 0 Å². The molecule has 1 aliphatic heterocycles. The van der Waals surface area contributed by atoms with Gasteiger partial charge in [0.1, 0.15) is 11.6 Å². The smallest absolute Gasteiger partial charge is 0.258 e. The Hall–Kier alpha value is -3.74. The Morgan fingerprint density at radius 3 is 2.27 bits per heavy atom. The predicted molar refractivity (Wildman–Crippen MR) is 109 cm³/mol. The van der Waals surface area contributed by atoms with Crippen molar-refractivity contribution in [1.82, 2.24) is 9.88 Å². The van der Waals surface area contributed by atoms with E-state index in [2.05, 4.69) is 9.88 Å². The number of piperazine rings is 1. The van der Waals surface area contributed by atoms with E-state index in [0.717, 1.165) is 5.82 Å². The molecule has 0 spiro atoms. The van der Waals surface area contributed by atoms with Crippen LogP contribution in [0.25, 0.3) is 0 Å². The van der Waals surface area contributed by atoms with E-state index < -0.39 is 0 Å². The lowest BCUT2D eigenvalue weighted by Gasteiger charge is -2.35. The number of carbonyl (C=O) groups is 3. The number of anilines is 1. The number of benzene rings is 1. The number of hydrogen-bond donors (Lipinski definition) is 0. The van der Waals surface area contributed by atoms with Crippen molar-refractivity contribution in [2.24, 2.45) is 0 Å². The van der Waals surface area contributed by atoms with Gasteiger partial charge in [0.2, 0.25) is 5.78 Å². The van der Waals surface area contributed by atoms with Gasteiger partial charge < -0.3 is 14.2 Å². The summed E-state index contributed by atoms with van der Waals surface area (Å²) < 4.78 is 5.64. The summed E-state index contributed by atoms with van der Waals surface area (Å²) in [5.74, 6) is 0.158. The van der Waals surface area contributed by atoms with Crippen molar-refractivity contribution in [2.75, 3.05) is 31.1 Å². The zero-order valence-electron chi connectivity index (χ0n) is 16.4. The SMILES string of the molecule is Cc1oc2c(c1C(=O)N1CCN(c3ccccn3)CC1)C(=O)c1ccccc1C2=O. The number of amides is 1. The fourth-order valence-corrected chi connectivity index (χ4v) is 4.15. The van der Waals surface area contributed by atoms with E-state index >= 15 is 0 Å². The van der Waals surface area contributed by atoms with Gasteiger partial charge in [0, 0.05) is 43.5 Å². The summed E-state index contributed by atoms with van der Waals surface area (Å²) in [5.41, 5.74) is 0.911. The number of carbonyl (C=O) groups excluding carboxylic acids is 3. The van der Waals surface area contributed by atoms with Crippen LogP contribution in [0.3, 0.4) is 0 Å². The third-order valence-electron chi connectivity index (χ3n) is 5.69. The summed E-state index contributed by atoms with van der Waals surface area (Å²) in [6.07, 6.45) is 1.74. The van der Waals surface area contributed by atoms with Gasteiger partial charge in [-0.2, -0.15) is 0 Å². The van der Waals surface area contributed by atoms with Gasteiger partial charge in [-0.3, -0.25) is 14.4 Å². The molecule has 2 aromatic heterocycles. The van der Waals surface area contributed by atoms with Gasteiger partial charge in [-0.1, -0.05) is 30.3 Å². The highest BCUT2D eigenvalue weighted by molar-refractivity contribution is 6.30. The van der Waals surface area contributed by atoms with Gasteiger partial charge in [-0.15, -0.1) is 0 Å². The second-order valence-corrected chi connectivity index (χ2v) is 7.41. The molecule has 1 aliphatic carbocycles. The average molecular weight is 401 g/mol. The van der Waals surface area contributed by atoms with Crippen molar-refractivity contribution >= 4 is 23.3 Å².